The molecule has 1 fully saturated rings. The van der Waals surface area contributed by atoms with E-state index in [9.17, 15) is 9.90 Å². The first-order chi connectivity index (χ1) is 10.1. The van der Waals surface area contributed by atoms with Crippen LogP contribution in [0.3, 0.4) is 0 Å². The number of carbonyl (C=O) groups excluding carboxylic acids is 1. The Bertz CT molecular complexity index is 478. The predicted molar refractivity (Wildman–Crippen MR) is 81.5 cm³/mol. The SMILES string of the molecule is CCOCCN1CCN(C(=O)c2cccc(O)c2)C[C@H]1C. The van der Waals surface area contributed by atoms with Crippen LogP contribution in [0.4, 0.5) is 0 Å². The molecule has 0 saturated carbocycles. The van der Waals surface area contributed by atoms with Gasteiger partial charge in [0, 0.05) is 44.4 Å². The summed E-state index contributed by atoms with van der Waals surface area (Å²) in [4.78, 5) is 16.6. The fourth-order valence-corrected chi connectivity index (χ4v) is 2.66. The van der Waals surface area contributed by atoms with Crippen LogP contribution in [0.25, 0.3) is 0 Å². The van der Waals surface area contributed by atoms with Crippen LogP contribution in [0, 0.1) is 0 Å². The molecule has 1 aromatic carbocycles. The van der Waals surface area contributed by atoms with Gasteiger partial charge in [-0.1, -0.05) is 6.07 Å². The first-order valence-electron chi connectivity index (χ1n) is 7.52. The maximum absolute atomic E-state index is 12.4. The van der Waals surface area contributed by atoms with Crippen LogP contribution in [0.15, 0.2) is 24.3 Å². The number of hydrogen-bond acceptors (Lipinski definition) is 4. The third-order valence-corrected chi connectivity index (χ3v) is 3.87. The fourth-order valence-electron chi connectivity index (χ4n) is 2.66. The van der Waals surface area contributed by atoms with Crippen molar-refractivity contribution in [2.45, 2.75) is 19.9 Å². The molecule has 0 spiro atoms. The second-order valence-corrected chi connectivity index (χ2v) is 5.38. The number of benzene rings is 1. The first kappa shape index (κ1) is 15.8. The Hall–Kier alpha value is -1.59. The lowest BCUT2D eigenvalue weighted by Gasteiger charge is -2.39. The number of nitrogens with zero attached hydrogens (tertiary/aromatic N) is 2. The fraction of sp³-hybridized carbons (Fsp3) is 0.562. The molecule has 0 aliphatic carbocycles. The Labute approximate surface area is 126 Å². The molecule has 1 heterocycles. The van der Waals surface area contributed by atoms with Gasteiger partial charge >= 0.3 is 0 Å². The normalized spacial score (nSPS) is 19.7. The number of piperazine rings is 1. The van der Waals surface area contributed by atoms with Gasteiger partial charge < -0.3 is 14.7 Å². The zero-order valence-electron chi connectivity index (χ0n) is 12.8. The quantitative estimate of drug-likeness (QED) is 0.837. The predicted octanol–water partition coefficient (Wildman–Crippen LogP) is 1.57. The molecular formula is C16H24N2O3. The number of rotatable bonds is 5. The summed E-state index contributed by atoms with van der Waals surface area (Å²) in [5.74, 6) is 0.117. The van der Waals surface area contributed by atoms with Crippen LogP contribution in [0.2, 0.25) is 0 Å². The highest BCUT2D eigenvalue weighted by atomic mass is 16.5. The van der Waals surface area contributed by atoms with E-state index in [0.29, 0.717) is 24.7 Å². The summed E-state index contributed by atoms with van der Waals surface area (Å²) in [6, 6.07) is 6.86. The number of phenolic OH excluding ortho intramolecular Hbond substituents is 1. The molecule has 1 aliphatic heterocycles. The van der Waals surface area contributed by atoms with E-state index in [1.807, 2.05) is 11.8 Å². The van der Waals surface area contributed by atoms with Crippen molar-refractivity contribution in [3.05, 3.63) is 29.8 Å². The van der Waals surface area contributed by atoms with Gasteiger partial charge in [0.25, 0.3) is 5.91 Å². The summed E-state index contributed by atoms with van der Waals surface area (Å²) in [7, 11) is 0. The lowest BCUT2D eigenvalue weighted by atomic mass is 10.1. The topological polar surface area (TPSA) is 53.0 Å². The van der Waals surface area contributed by atoms with Gasteiger partial charge in [-0.05, 0) is 32.0 Å². The largest absolute Gasteiger partial charge is 0.508 e. The molecule has 0 unspecified atom stereocenters. The van der Waals surface area contributed by atoms with Crippen LogP contribution in [0.5, 0.6) is 5.75 Å². The number of amides is 1. The summed E-state index contributed by atoms with van der Waals surface area (Å²) in [5, 5.41) is 9.48. The number of carbonyl (C=O) groups is 1. The highest BCUT2D eigenvalue weighted by molar-refractivity contribution is 5.94. The minimum absolute atomic E-state index is 0.0118. The lowest BCUT2D eigenvalue weighted by molar-refractivity contribution is 0.0392. The van der Waals surface area contributed by atoms with Crippen LogP contribution < -0.4 is 0 Å². The van der Waals surface area contributed by atoms with Crippen LogP contribution >= 0.6 is 0 Å². The van der Waals surface area contributed by atoms with Crippen LogP contribution in [0.1, 0.15) is 24.2 Å². The minimum atomic E-state index is -0.0118. The van der Waals surface area contributed by atoms with Crippen LogP contribution in [-0.4, -0.2) is 66.2 Å². The molecule has 1 saturated heterocycles. The third kappa shape index (κ3) is 4.19. The van der Waals surface area contributed by atoms with Gasteiger partial charge in [-0.2, -0.15) is 0 Å². The lowest BCUT2D eigenvalue weighted by Crippen LogP contribution is -2.54. The van der Waals surface area contributed by atoms with Gasteiger partial charge in [0.2, 0.25) is 0 Å². The molecule has 1 atom stereocenters. The van der Waals surface area contributed by atoms with Crippen molar-refractivity contribution in [2.75, 3.05) is 39.4 Å². The van der Waals surface area contributed by atoms with E-state index in [-0.39, 0.29) is 11.7 Å². The number of phenols is 1. The third-order valence-electron chi connectivity index (χ3n) is 3.87. The first-order valence-corrected chi connectivity index (χ1v) is 7.52. The molecule has 1 aliphatic rings. The van der Waals surface area contributed by atoms with Gasteiger partial charge in [-0.25, -0.2) is 0 Å². The van der Waals surface area contributed by atoms with Crippen molar-refractivity contribution in [1.29, 1.82) is 0 Å². The summed E-state index contributed by atoms with van der Waals surface area (Å²) >= 11 is 0. The smallest absolute Gasteiger partial charge is 0.254 e. The molecule has 5 heteroatoms. The van der Waals surface area contributed by atoms with Gasteiger partial charge in [0.05, 0.1) is 6.61 Å². The molecule has 2 rings (SSSR count). The van der Waals surface area contributed by atoms with Gasteiger partial charge in [0.15, 0.2) is 0 Å². The molecule has 0 aromatic heterocycles. The maximum Gasteiger partial charge on any atom is 0.254 e. The minimum Gasteiger partial charge on any atom is -0.508 e. The van der Waals surface area contributed by atoms with Crippen molar-refractivity contribution in [2.24, 2.45) is 0 Å². The highest BCUT2D eigenvalue weighted by Gasteiger charge is 2.27. The Morgan fingerprint density at radius 1 is 1.43 bits per heavy atom. The number of hydrogen-bond donors (Lipinski definition) is 1. The zero-order valence-corrected chi connectivity index (χ0v) is 12.8. The van der Waals surface area contributed by atoms with Gasteiger partial charge in [0.1, 0.15) is 5.75 Å². The highest BCUT2D eigenvalue weighted by Crippen LogP contribution is 2.16. The molecule has 0 bridgehead atoms. The molecule has 1 amide bonds. The second-order valence-electron chi connectivity index (χ2n) is 5.38. The Kier molecular flexibility index (Phi) is 5.59. The average Bonchev–Trinajstić information content (AvgIpc) is 2.48. The van der Waals surface area contributed by atoms with Crippen molar-refractivity contribution in [3.63, 3.8) is 0 Å². The molecule has 116 valence electrons. The van der Waals surface area contributed by atoms with E-state index in [0.717, 1.165) is 26.3 Å². The zero-order chi connectivity index (χ0) is 15.2. The number of ether oxygens (including phenoxy) is 1. The molecule has 1 N–H and O–H groups in total. The maximum atomic E-state index is 12.4. The summed E-state index contributed by atoms with van der Waals surface area (Å²) in [6.45, 7) is 8.79. The molecule has 0 radical (unpaired) electrons. The van der Waals surface area contributed by atoms with E-state index >= 15 is 0 Å². The Morgan fingerprint density at radius 2 is 2.24 bits per heavy atom. The van der Waals surface area contributed by atoms with E-state index in [1.165, 1.54) is 6.07 Å². The van der Waals surface area contributed by atoms with Crippen molar-refractivity contribution >= 4 is 5.91 Å². The van der Waals surface area contributed by atoms with E-state index in [2.05, 4.69) is 11.8 Å². The van der Waals surface area contributed by atoms with Crippen molar-refractivity contribution in [1.82, 2.24) is 9.80 Å². The van der Waals surface area contributed by atoms with Gasteiger partial charge in [-0.3, -0.25) is 9.69 Å². The van der Waals surface area contributed by atoms with Crippen molar-refractivity contribution in [3.8, 4) is 5.75 Å². The van der Waals surface area contributed by atoms with Gasteiger partial charge in [-0.15, -0.1) is 0 Å². The monoisotopic (exact) mass is 292 g/mol. The molecular weight excluding hydrogens is 268 g/mol. The Balaban J connectivity index is 1.91. The standard InChI is InChI=1S/C16H24N2O3/c1-3-21-10-9-17-7-8-18(12-13(17)2)16(20)14-5-4-6-15(19)11-14/h4-6,11,13,19H,3,7-10,12H2,1-2H3/t13-/m1/s1. The van der Waals surface area contributed by atoms with E-state index in [1.54, 1.807) is 18.2 Å². The molecule has 21 heavy (non-hydrogen) atoms. The average molecular weight is 292 g/mol. The summed E-state index contributed by atoms with van der Waals surface area (Å²) < 4.78 is 5.39. The summed E-state index contributed by atoms with van der Waals surface area (Å²) in [6.07, 6.45) is 0. The van der Waals surface area contributed by atoms with E-state index < -0.39 is 0 Å². The number of aromatic hydroxyl groups is 1. The Morgan fingerprint density at radius 3 is 2.90 bits per heavy atom. The van der Waals surface area contributed by atoms with Crippen molar-refractivity contribution < 1.29 is 14.6 Å². The van der Waals surface area contributed by atoms with Crippen LogP contribution in [-0.2, 0) is 4.74 Å². The molecule has 1 aromatic rings. The molecule has 5 nitrogen and oxygen atoms in total. The van der Waals surface area contributed by atoms with E-state index in [4.69, 9.17) is 4.74 Å². The summed E-state index contributed by atoms with van der Waals surface area (Å²) in [5.41, 5.74) is 0.546. The second kappa shape index (κ2) is 7.43.